The van der Waals surface area contributed by atoms with Crippen molar-refractivity contribution in [3.8, 4) is 33.8 Å². The smallest absolute Gasteiger partial charge is 0.145 e. The summed E-state index contributed by atoms with van der Waals surface area (Å²) in [7, 11) is 0. The Morgan fingerprint density at radius 3 is 2.38 bits per heavy atom. The van der Waals surface area contributed by atoms with Crippen LogP contribution >= 0.6 is 0 Å². The highest BCUT2D eigenvalue weighted by Gasteiger charge is 2.12. The predicted octanol–water partition coefficient (Wildman–Crippen LogP) is 5.39. The Morgan fingerprint density at radius 1 is 0.824 bits per heavy atom. The fraction of sp³-hybridized carbons (Fsp3) is 0.143. The maximum atomic E-state index is 6.11. The summed E-state index contributed by atoms with van der Waals surface area (Å²) < 4.78 is 12.1. The molecule has 6 heteroatoms. The highest BCUT2D eigenvalue weighted by Crippen LogP contribution is 2.27. The minimum Gasteiger partial charge on any atom is -0.490 e. The van der Waals surface area contributed by atoms with E-state index < -0.39 is 0 Å². The molecule has 0 saturated heterocycles. The Balaban J connectivity index is 1.24. The SMILES string of the molecule is Cc1n[nH]c2ccc(-c3cncc(OC(CN)COc4ccc(-c5ccccc5)cc4)c3)cc12. The lowest BCUT2D eigenvalue weighted by Crippen LogP contribution is -2.32. The largest absolute Gasteiger partial charge is 0.490 e. The highest BCUT2D eigenvalue weighted by molar-refractivity contribution is 5.86. The lowest BCUT2D eigenvalue weighted by molar-refractivity contribution is 0.134. The van der Waals surface area contributed by atoms with E-state index in [0.29, 0.717) is 18.9 Å². The molecule has 0 spiro atoms. The Labute approximate surface area is 198 Å². The second-order valence-electron chi connectivity index (χ2n) is 8.16. The van der Waals surface area contributed by atoms with Gasteiger partial charge in [-0.1, -0.05) is 48.5 Å². The van der Waals surface area contributed by atoms with Crippen LogP contribution in [0.25, 0.3) is 33.2 Å². The number of fused-ring (bicyclic) bond motifs is 1. The van der Waals surface area contributed by atoms with Crippen molar-refractivity contribution in [2.45, 2.75) is 13.0 Å². The van der Waals surface area contributed by atoms with Gasteiger partial charge >= 0.3 is 0 Å². The quantitative estimate of drug-likeness (QED) is 0.331. The molecule has 1 unspecified atom stereocenters. The van der Waals surface area contributed by atoms with E-state index in [-0.39, 0.29) is 6.10 Å². The van der Waals surface area contributed by atoms with Gasteiger partial charge in [0.15, 0.2) is 0 Å². The molecule has 0 fully saturated rings. The molecule has 0 radical (unpaired) electrons. The number of hydrogen-bond acceptors (Lipinski definition) is 5. The van der Waals surface area contributed by atoms with E-state index in [1.54, 1.807) is 6.20 Å². The topological polar surface area (TPSA) is 86.0 Å². The van der Waals surface area contributed by atoms with Crippen molar-refractivity contribution in [2.24, 2.45) is 5.73 Å². The molecule has 5 rings (SSSR count). The summed E-state index contributed by atoms with van der Waals surface area (Å²) in [6, 6.07) is 26.4. The maximum absolute atomic E-state index is 6.11. The number of rotatable bonds is 8. The highest BCUT2D eigenvalue weighted by atomic mass is 16.5. The van der Waals surface area contributed by atoms with Crippen molar-refractivity contribution in [3.63, 3.8) is 0 Å². The Bertz CT molecular complexity index is 1380. The van der Waals surface area contributed by atoms with E-state index in [1.807, 2.05) is 61.7 Å². The van der Waals surface area contributed by atoms with Gasteiger partial charge < -0.3 is 15.2 Å². The number of pyridine rings is 1. The van der Waals surface area contributed by atoms with Crippen LogP contribution in [0.15, 0.2) is 91.3 Å². The summed E-state index contributed by atoms with van der Waals surface area (Å²) >= 11 is 0. The molecule has 5 aromatic rings. The van der Waals surface area contributed by atoms with Gasteiger partial charge in [-0.05, 0) is 53.9 Å². The van der Waals surface area contributed by atoms with E-state index in [0.717, 1.165) is 39.0 Å². The summed E-state index contributed by atoms with van der Waals surface area (Å²) in [4.78, 5) is 4.37. The van der Waals surface area contributed by atoms with Gasteiger partial charge in [0.1, 0.15) is 24.2 Å². The van der Waals surface area contributed by atoms with Crippen molar-refractivity contribution < 1.29 is 9.47 Å². The van der Waals surface area contributed by atoms with Crippen molar-refractivity contribution >= 4 is 10.9 Å². The molecule has 170 valence electrons. The number of aromatic nitrogens is 3. The minimum atomic E-state index is -0.301. The number of nitrogens with zero attached hydrogens (tertiary/aromatic N) is 2. The van der Waals surface area contributed by atoms with Crippen LogP contribution < -0.4 is 15.2 Å². The average Bonchev–Trinajstić information content (AvgIpc) is 3.27. The summed E-state index contributed by atoms with van der Waals surface area (Å²) in [5, 5.41) is 8.40. The second kappa shape index (κ2) is 9.77. The third kappa shape index (κ3) is 4.77. The van der Waals surface area contributed by atoms with Gasteiger partial charge in [-0.25, -0.2) is 0 Å². The van der Waals surface area contributed by atoms with E-state index in [2.05, 4.69) is 45.5 Å². The summed E-state index contributed by atoms with van der Waals surface area (Å²) in [6.07, 6.45) is 3.22. The van der Waals surface area contributed by atoms with Crippen molar-refractivity contribution in [1.82, 2.24) is 15.2 Å². The molecule has 3 aromatic carbocycles. The molecular weight excluding hydrogens is 424 g/mol. The van der Waals surface area contributed by atoms with Gasteiger partial charge in [0.2, 0.25) is 0 Å². The number of benzene rings is 3. The van der Waals surface area contributed by atoms with E-state index in [4.69, 9.17) is 15.2 Å². The van der Waals surface area contributed by atoms with Crippen LogP contribution in [-0.2, 0) is 0 Å². The van der Waals surface area contributed by atoms with Gasteiger partial charge in [0, 0.05) is 23.7 Å². The minimum absolute atomic E-state index is 0.301. The molecule has 3 N–H and O–H groups in total. The molecule has 0 saturated carbocycles. The second-order valence-corrected chi connectivity index (χ2v) is 8.16. The van der Waals surface area contributed by atoms with Gasteiger partial charge in [-0.15, -0.1) is 0 Å². The fourth-order valence-corrected chi connectivity index (χ4v) is 3.87. The molecule has 34 heavy (non-hydrogen) atoms. The molecular formula is C28H26N4O2. The Morgan fingerprint density at radius 2 is 1.59 bits per heavy atom. The lowest BCUT2D eigenvalue weighted by atomic mass is 10.0. The number of H-pyrrole nitrogens is 1. The average molecular weight is 451 g/mol. The monoisotopic (exact) mass is 450 g/mol. The molecule has 6 nitrogen and oxygen atoms in total. The normalized spacial score (nSPS) is 11.9. The van der Waals surface area contributed by atoms with Crippen molar-refractivity contribution in [1.29, 1.82) is 0 Å². The summed E-state index contributed by atoms with van der Waals surface area (Å²) in [6.45, 7) is 2.65. The first kappa shape index (κ1) is 21.7. The first-order valence-corrected chi connectivity index (χ1v) is 11.2. The number of nitrogens with two attached hydrogens (primary N) is 1. The zero-order valence-corrected chi connectivity index (χ0v) is 18.9. The molecule has 0 amide bonds. The molecule has 0 bridgehead atoms. The van der Waals surface area contributed by atoms with Crippen LogP contribution in [0.1, 0.15) is 5.69 Å². The Kier molecular flexibility index (Phi) is 6.23. The van der Waals surface area contributed by atoms with Crippen LogP contribution in [-0.4, -0.2) is 34.4 Å². The van der Waals surface area contributed by atoms with Gasteiger partial charge in [-0.2, -0.15) is 5.10 Å². The number of nitrogens with one attached hydrogen (secondary N) is 1. The van der Waals surface area contributed by atoms with Crippen LogP contribution in [0, 0.1) is 6.92 Å². The van der Waals surface area contributed by atoms with E-state index in [1.165, 1.54) is 5.56 Å². The fourth-order valence-electron chi connectivity index (χ4n) is 3.87. The molecule has 2 aromatic heterocycles. The molecule has 2 heterocycles. The lowest BCUT2D eigenvalue weighted by Gasteiger charge is -2.18. The first-order chi connectivity index (χ1) is 16.7. The number of aromatic amines is 1. The van der Waals surface area contributed by atoms with Gasteiger partial charge in [0.05, 0.1) is 17.4 Å². The zero-order valence-electron chi connectivity index (χ0n) is 18.9. The standard InChI is InChI=1S/C28H26N4O2/c1-19-27-14-22(9-12-28(27)32-31-19)23-13-25(17-30-16-23)34-26(15-29)18-33-24-10-7-21(8-11-24)20-5-3-2-4-6-20/h2-14,16-17,26H,15,18,29H2,1H3,(H,31,32). The van der Waals surface area contributed by atoms with Crippen LogP contribution in [0.5, 0.6) is 11.5 Å². The van der Waals surface area contributed by atoms with E-state index >= 15 is 0 Å². The number of ether oxygens (including phenoxy) is 2. The van der Waals surface area contributed by atoms with E-state index in [9.17, 15) is 0 Å². The third-order valence-corrected chi connectivity index (χ3v) is 5.76. The van der Waals surface area contributed by atoms with Gasteiger partial charge in [-0.3, -0.25) is 10.1 Å². The van der Waals surface area contributed by atoms with Crippen molar-refractivity contribution in [2.75, 3.05) is 13.2 Å². The van der Waals surface area contributed by atoms with Crippen LogP contribution in [0.2, 0.25) is 0 Å². The molecule has 1 atom stereocenters. The molecule has 0 aliphatic rings. The van der Waals surface area contributed by atoms with Crippen LogP contribution in [0.4, 0.5) is 0 Å². The zero-order chi connectivity index (χ0) is 23.3. The maximum Gasteiger partial charge on any atom is 0.145 e. The van der Waals surface area contributed by atoms with Gasteiger partial charge in [0.25, 0.3) is 0 Å². The molecule has 0 aliphatic heterocycles. The van der Waals surface area contributed by atoms with Crippen LogP contribution in [0.3, 0.4) is 0 Å². The molecule has 0 aliphatic carbocycles. The third-order valence-electron chi connectivity index (χ3n) is 5.76. The number of hydrogen-bond donors (Lipinski definition) is 2. The van der Waals surface area contributed by atoms with Crippen molar-refractivity contribution in [3.05, 3.63) is 97.0 Å². The first-order valence-electron chi connectivity index (χ1n) is 11.2. The predicted molar refractivity (Wildman–Crippen MR) is 135 cm³/mol. The Hall–Kier alpha value is -4.16. The number of aryl methyl sites for hydroxylation is 1. The summed E-state index contributed by atoms with van der Waals surface area (Å²) in [5.74, 6) is 1.43. The summed E-state index contributed by atoms with van der Waals surface area (Å²) in [5.41, 5.74) is 12.3.